The lowest BCUT2D eigenvalue weighted by Crippen LogP contribution is -2.57. The Balaban J connectivity index is 1.74. The van der Waals surface area contributed by atoms with Gasteiger partial charge in [0, 0.05) is 43.0 Å². The monoisotopic (exact) mass is 334 g/mol. The van der Waals surface area contributed by atoms with Gasteiger partial charge in [-0.2, -0.15) is 4.31 Å². The summed E-state index contributed by atoms with van der Waals surface area (Å²) in [5, 5.41) is 0.677. The number of H-pyrrole nitrogens is 1. The summed E-state index contributed by atoms with van der Waals surface area (Å²) >= 11 is 0. The van der Waals surface area contributed by atoms with Crippen LogP contribution in [0.15, 0.2) is 29.4 Å². The maximum atomic E-state index is 13.3. The first-order valence-corrected chi connectivity index (χ1v) is 9.73. The van der Waals surface area contributed by atoms with Crippen LogP contribution in [0.5, 0.6) is 0 Å². The normalized spacial score (nSPS) is 26.7. The van der Waals surface area contributed by atoms with Crippen molar-refractivity contribution in [3.8, 4) is 0 Å². The molecule has 2 atom stereocenters. The van der Waals surface area contributed by atoms with Gasteiger partial charge < -0.3 is 4.98 Å². The minimum atomic E-state index is -3.51. The number of aromatic amines is 1. The van der Waals surface area contributed by atoms with E-state index in [0.717, 1.165) is 25.9 Å². The number of fused-ring (bicyclic) bond motifs is 2. The van der Waals surface area contributed by atoms with Gasteiger partial charge in [-0.1, -0.05) is 6.92 Å². The van der Waals surface area contributed by atoms with Gasteiger partial charge in [0.1, 0.15) is 10.5 Å². The molecule has 0 aliphatic carbocycles. The smallest absolute Gasteiger partial charge is 0.245 e. The number of nitrogens with one attached hydrogen (secondary N) is 1. The molecule has 0 saturated carbocycles. The quantitative estimate of drug-likeness (QED) is 0.929. The molecule has 0 aromatic carbocycles. The first kappa shape index (κ1) is 15.1. The van der Waals surface area contributed by atoms with Gasteiger partial charge in [0.05, 0.1) is 0 Å². The number of hydrogen-bond donors (Lipinski definition) is 1. The Morgan fingerprint density at radius 2 is 2.26 bits per heavy atom. The number of rotatable bonds is 3. The van der Waals surface area contributed by atoms with E-state index in [1.807, 2.05) is 6.07 Å². The van der Waals surface area contributed by atoms with Crippen molar-refractivity contribution in [3.63, 3.8) is 0 Å². The molecule has 0 radical (unpaired) electrons. The largest absolute Gasteiger partial charge is 0.345 e. The second-order valence-electron chi connectivity index (χ2n) is 6.48. The van der Waals surface area contributed by atoms with Crippen molar-refractivity contribution < 1.29 is 8.42 Å². The van der Waals surface area contributed by atoms with Crippen LogP contribution in [0.4, 0.5) is 0 Å². The van der Waals surface area contributed by atoms with Crippen LogP contribution in [-0.2, 0) is 10.0 Å². The van der Waals surface area contributed by atoms with Crippen molar-refractivity contribution >= 4 is 21.1 Å². The summed E-state index contributed by atoms with van der Waals surface area (Å²) in [6.07, 6.45) is 6.36. The molecule has 6 nitrogen and oxygen atoms in total. The second-order valence-corrected chi connectivity index (χ2v) is 8.34. The molecular formula is C16H22N4O2S. The summed E-state index contributed by atoms with van der Waals surface area (Å²) in [7, 11) is -3.51. The minimum Gasteiger partial charge on any atom is -0.345 e. The fourth-order valence-corrected chi connectivity index (χ4v) is 5.84. The van der Waals surface area contributed by atoms with Crippen molar-refractivity contribution in [2.75, 3.05) is 19.6 Å². The number of pyridine rings is 1. The molecule has 23 heavy (non-hydrogen) atoms. The topological polar surface area (TPSA) is 69.3 Å². The second kappa shape index (κ2) is 5.58. The van der Waals surface area contributed by atoms with Crippen LogP contribution in [0, 0.1) is 0 Å². The fraction of sp³-hybridized carbons (Fsp3) is 0.562. The van der Waals surface area contributed by atoms with E-state index in [4.69, 9.17) is 0 Å². The molecule has 2 saturated heterocycles. The highest BCUT2D eigenvalue weighted by atomic mass is 32.2. The molecule has 1 N–H and O–H groups in total. The van der Waals surface area contributed by atoms with E-state index in [9.17, 15) is 8.42 Å². The molecule has 4 heterocycles. The van der Waals surface area contributed by atoms with Crippen molar-refractivity contribution in [2.24, 2.45) is 0 Å². The molecule has 0 amide bonds. The molecule has 2 aromatic heterocycles. The zero-order chi connectivity index (χ0) is 16.0. The van der Waals surface area contributed by atoms with E-state index in [1.54, 1.807) is 22.8 Å². The fourth-order valence-electron chi connectivity index (χ4n) is 3.96. The van der Waals surface area contributed by atoms with Crippen LogP contribution < -0.4 is 0 Å². The number of hydrogen-bond acceptors (Lipinski definition) is 4. The highest BCUT2D eigenvalue weighted by Gasteiger charge is 2.42. The summed E-state index contributed by atoms with van der Waals surface area (Å²) in [6.45, 7) is 4.63. The third-order valence-electron chi connectivity index (χ3n) is 5.21. The van der Waals surface area contributed by atoms with Crippen LogP contribution in [0.3, 0.4) is 0 Å². The zero-order valence-corrected chi connectivity index (χ0v) is 14.1. The summed E-state index contributed by atoms with van der Waals surface area (Å²) in [5.41, 5.74) is 0.624. The third-order valence-corrected chi connectivity index (χ3v) is 7.17. The molecule has 2 aliphatic heterocycles. The molecule has 2 fully saturated rings. The lowest BCUT2D eigenvalue weighted by Gasteiger charge is -2.42. The van der Waals surface area contributed by atoms with Gasteiger partial charge >= 0.3 is 0 Å². The highest BCUT2D eigenvalue weighted by molar-refractivity contribution is 7.89. The molecule has 124 valence electrons. The summed E-state index contributed by atoms with van der Waals surface area (Å²) in [5.74, 6) is 0. The maximum absolute atomic E-state index is 13.3. The molecule has 7 heteroatoms. The Kier molecular flexibility index (Phi) is 3.66. The number of sulfonamides is 1. The average Bonchev–Trinajstić information content (AvgIpc) is 3.19. The van der Waals surface area contributed by atoms with E-state index in [1.165, 1.54) is 6.42 Å². The maximum Gasteiger partial charge on any atom is 0.245 e. The van der Waals surface area contributed by atoms with Gasteiger partial charge in [0.2, 0.25) is 10.0 Å². The van der Waals surface area contributed by atoms with Gasteiger partial charge in [0.15, 0.2) is 0 Å². The van der Waals surface area contributed by atoms with E-state index >= 15 is 0 Å². The predicted octanol–water partition coefficient (Wildman–Crippen LogP) is 1.81. The highest BCUT2D eigenvalue weighted by Crippen LogP contribution is 2.32. The summed E-state index contributed by atoms with van der Waals surface area (Å²) in [6, 6.07) is 4.02. The molecule has 2 aliphatic rings. The minimum absolute atomic E-state index is 0.0518. The van der Waals surface area contributed by atoms with E-state index in [2.05, 4.69) is 21.8 Å². The molecule has 2 aromatic rings. The van der Waals surface area contributed by atoms with Gasteiger partial charge in [-0.25, -0.2) is 13.4 Å². The van der Waals surface area contributed by atoms with Crippen LogP contribution >= 0.6 is 0 Å². The molecular weight excluding hydrogens is 312 g/mol. The first-order chi connectivity index (χ1) is 11.1. The zero-order valence-electron chi connectivity index (χ0n) is 13.3. The summed E-state index contributed by atoms with van der Waals surface area (Å²) in [4.78, 5) is 10.00. The Morgan fingerprint density at radius 1 is 1.39 bits per heavy atom. The SMILES string of the molecule is CC[C@H]1CN2CCC[C@@H]2CN1S(=O)(=O)c1c[nH]c2ncccc12. The van der Waals surface area contributed by atoms with E-state index in [-0.39, 0.29) is 6.04 Å². The van der Waals surface area contributed by atoms with Crippen molar-refractivity contribution in [2.45, 2.75) is 43.2 Å². The van der Waals surface area contributed by atoms with E-state index < -0.39 is 10.0 Å². The van der Waals surface area contributed by atoms with Gasteiger partial charge in [-0.15, -0.1) is 0 Å². The Morgan fingerprint density at radius 3 is 3.09 bits per heavy atom. The van der Waals surface area contributed by atoms with Gasteiger partial charge in [0.25, 0.3) is 0 Å². The molecule has 0 unspecified atom stereocenters. The predicted molar refractivity (Wildman–Crippen MR) is 88.7 cm³/mol. The Hall–Kier alpha value is -1.44. The lowest BCUT2D eigenvalue weighted by atomic mass is 10.1. The third kappa shape index (κ3) is 2.38. The van der Waals surface area contributed by atoms with Crippen molar-refractivity contribution in [3.05, 3.63) is 24.5 Å². The Bertz CT molecular complexity index is 816. The number of nitrogens with zero attached hydrogens (tertiary/aromatic N) is 3. The van der Waals surface area contributed by atoms with Crippen molar-refractivity contribution in [1.82, 2.24) is 19.2 Å². The van der Waals surface area contributed by atoms with E-state index in [0.29, 0.717) is 28.5 Å². The molecule has 4 rings (SSSR count). The number of piperazine rings is 1. The van der Waals surface area contributed by atoms with Crippen LogP contribution in [0.2, 0.25) is 0 Å². The van der Waals surface area contributed by atoms with Crippen LogP contribution in [0.1, 0.15) is 26.2 Å². The molecule has 0 bridgehead atoms. The van der Waals surface area contributed by atoms with Crippen molar-refractivity contribution in [1.29, 1.82) is 0 Å². The standard InChI is InChI=1S/C16H22N4O2S/c1-2-12-10-19-8-4-5-13(19)11-20(12)23(21,22)15-9-18-16-14(15)6-3-7-17-16/h3,6-7,9,12-13H,2,4-5,8,10-11H2,1H3,(H,17,18)/t12-,13+/m0/s1. The lowest BCUT2D eigenvalue weighted by molar-refractivity contribution is 0.106. The Labute approximate surface area is 136 Å². The van der Waals surface area contributed by atoms with Crippen LogP contribution in [-0.4, -0.2) is 59.3 Å². The van der Waals surface area contributed by atoms with Gasteiger partial charge in [-0.3, -0.25) is 4.90 Å². The van der Waals surface area contributed by atoms with Crippen LogP contribution in [0.25, 0.3) is 11.0 Å². The average molecular weight is 334 g/mol. The number of aromatic nitrogens is 2. The first-order valence-electron chi connectivity index (χ1n) is 8.29. The molecule has 0 spiro atoms. The summed E-state index contributed by atoms with van der Waals surface area (Å²) < 4.78 is 28.3. The van der Waals surface area contributed by atoms with Gasteiger partial charge in [-0.05, 0) is 37.9 Å².